The van der Waals surface area contributed by atoms with Crippen LogP contribution in [0.5, 0.6) is 5.75 Å². The fourth-order valence-corrected chi connectivity index (χ4v) is 5.66. The molecule has 2 unspecified atom stereocenters. The summed E-state index contributed by atoms with van der Waals surface area (Å²) in [6.45, 7) is 11.9. The molecule has 1 amide bonds. The predicted molar refractivity (Wildman–Crippen MR) is 167 cm³/mol. The highest BCUT2D eigenvalue weighted by atomic mass is 32.1. The summed E-state index contributed by atoms with van der Waals surface area (Å²) in [5.41, 5.74) is 6.16. The Hall–Kier alpha value is -4.24. The molecular weight excluding hydrogens is 532 g/mol. The van der Waals surface area contributed by atoms with E-state index in [2.05, 4.69) is 53.0 Å². The summed E-state index contributed by atoms with van der Waals surface area (Å²) in [5.74, 6) is 1.37. The second kappa shape index (κ2) is 11.0. The van der Waals surface area contributed by atoms with Gasteiger partial charge in [-0.25, -0.2) is 4.98 Å². The van der Waals surface area contributed by atoms with Crippen LogP contribution in [-0.2, 0) is 4.79 Å². The van der Waals surface area contributed by atoms with Crippen molar-refractivity contribution in [1.82, 2.24) is 19.9 Å². The van der Waals surface area contributed by atoms with Gasteiger partial charge in [0.1, 0.15) is 11.6 Å². The molecule has 1 aromatic carbocycles. The Labute approximate surface area is 246 Å². The van der Waals surface area contributed by atoms with Crippen molar-refractivity contribution < 1.29 is 9.53 Å². The molecule has 1 saturated heterocycles. The number of hydrogen-bond acceptors (Lipinski definition) is 5. The molecule has 1 fully saturated rings. The minimum atomic E-state index is -0.542. The Bertz CT molecular complexity index is 1610. The van der Waals surface area contributed by atoms with E-state index in [1.54, 1.807) is 13.3 Å². The Balaban J connectivity index is 1.64. The second-order valence-electron chi connectivity index (χ2n) is 11.4. The Morgan fingerprint density at radius 1 is 1.02 bits per heavy atom. The summed E-state index contributed by atoms with van der Waals surface area (Å²) in [7, 11) is 1.60. The average molecular weight is 569 g/mol. The first-order valence-electron chi connectivity index (χ1n) is 13.6. The first kappa shape index (κ1) is 28.3. The van der Waals surface area contributed by atoms with Gasteiger partial charge in [0.2, 0.25) is 5.91 Å². The van der Waals surface area contributed by atoms with E-state index < -0.39 is 5.41 Å². The normalized spacial score (nSPS) is 17.0. The number of aromatic nitrogens is 3. The number of carbonyl (C=O) groups excluding carboxylic acids is 1. The molecule has 0 radical (unpaired) electrons. The number of anilines is 2. The standard InChI is InChI=1S/C32H36N6O2S/c1-19-11-10-16-34-29(19)37-20(2)17-23(21(37)3)28-27(25-12-8-9-15-33-25)36-31(41)38(28)22-13-14-24(26(18-22)40-7)35-30(39)32(4,5)6/h8-18,27-28H,1-7H3,(H,35,39)(H,36,41). The number of nitrogens with zero attached hydrogens (tertiary/aromatic N) is 4. The van der Waals surface area contributed by atoms with Gasteiger partial charge in [-0.2, -0.15) is 0 Å². The van der Waals surface area contributed by atoms with Crippen LogP contribution in [0.25, 0.3) is 5.82 Å². The van der Waals surface area contributed by atoms with Crippen LogP contribution >= 0.6 is 12.2 Å². The van der Waals surface area contributed by atoms with Crippen molar-refractivity contribution in [3.05, 3.63) is 95.2 Å². The molecule has 3 aromatic heterocycles. The number of amides is 1. The molecule has 8 nitrogen and oxygen atoms in total. The van der Waals surface area contributed by atoms with Crippen LogP contribution in [0.15, 0.2) is 67.0 Å². The van der Waals surface area contributed by atoms with E-state index in [4.69, 9.17) is 26.9 Å². The molecule has 2 N–H and O–H groups in total. The third kappa shape index (κ3) is 5.29. The highest BCUT2D eigenvalue weighted by Crippen LogP contribution is 2.45. The maximum absolute atomic E-state index is 12.7. The average Bonchev–Trinajstić information content (AvgIpc) is 3.44. The molecular formula is C32H36N6O2S. The van der Waals surface area contributed by atoms with Gasteiger partial charge in [-0.3, -0.25) is 9.78 Å². The molecule has 41 heavy (non-hydrogen) atoms. The number of rotatable bonds is 6. The number of thiocarbonyl (C=S) groups is 1. The fourth-order valence-electron chi connectivity index (χ4n) is 5.32. The first-order valence-corrected chi connectivity index (χ1v) is 14.0. The van der Waals surface area contributed by atoms with Crippen molar-refractivity contribution in [2.24, 2.45) is 5.41 Å². The van der Waals surface area contributed by atoms with E-state index in [0.717, 1.165) is 39.7 Å². The SMILES string of the molecule is COc1cc(N2C(=S)NC(c3ccccn3)C2c2cc(C)n(-c3ncccc3C)c2C)ccc1NC(=O)C(C)(C)C. The zero-order valence-corrected chi connectivity index (χ0v) is 25.3. The highest BCUT2D eigenvalue weighted by molar-refractivity contribution is 7.80. The zero-order chi connectivity index (χ0) is 29.5. The van der Waals surface area contributed by atoms with Crippen LogP contribution in [0.4, 0.5) is 11.4 Å². The third-order valence-corrected chi connectivity index (χ3v) is 7.79. The lowest BCUT2D eigenvalue weighted by Crippen LogP contribution is -2.30. The quantitative estimate of drug-likeness (QED) is 0.262. The molecule has 4 heterocycles. The number of carbonyl (C=O) groups is 1. The molecule has 5 rings (SSSR count). The molecule has 0 saturated carbocycles. The molecule has 9 heteroatoms. The minimum Gasteiger partial charge on any atom is -0.494 e. The Morgan fingerprint density at radius 3 is 2.44 bits per heavy atom. The smallest absolute Gasteiger partial charge is 0.229 e. The molecule has 0 aliphatic carbocycles. The summed E-state index contributed by atoms with van der Waals surface area (Å²) in [6, 6.07) is 17.5. The minimum absolute atomic E-state index is 0.0905. The summed E-state index contributed by atoms with van der Waals surface area (Å²) in [4.78, 5) is 24.2. The number of pyridine rings is 2. The summed E-state index contributed by atoms with van der Waals surface area (Å²) < 4.78 is 7.93. The molecule has 1 aliphatic rings. The van der Waals surface area contributed by atoms with Crippen LogP contribution in [0.2, 0.25) is 0 Å². The molecule has 212 valence electrons. The number of aryl methyl sites for hydroxylation is 2. The van der Waals surface area contributed by atoms with E-state index in [1.807, 2.05) is 69.4 Å². The van der Waals surface area contributed by atoms with Gasteiger partial charge in [0.15, 0.2) is 5.11 Å². The molecule has 1 aliphatic heterocycles. The second-order valence-corrected chi connectivity index (χ2v) is 11.8. The van der Waals surface area contributed by atoms with Crippen LogP contribution in [0.1, 0.15) is 61.1 Å². The van der Waals surface area contributed by atoms with Crippen molar-refractivity contribution >= 4 is 34.6 Å². The van der Waals surface area contributed by atoms with Gasteiger partial charge < -0.3 is 24.8 Å². The van der Waals surface area contributed by atoms with Gasteiger partial charge in [-0.1, -0.05) is 32.9 Å². The van der Waals surface area contributed by atoms with Gasteiger partial charge in [0, 0.05) is 41.0 Å². The van der Waals surface area contributed by atoms with Crippen molar-refractivity contribution in [2.75, 3.05) is 17.3 Å². The van der Waals surface area contributed by atoms with E-state index in [0.29, 0.717) is 16.5 Å². The molecule has 4 aromatic rings. The third-order valence-electron chi connectivity index (χ3n) is 7.47. The summed E-state index contributed by atoms with van der Waals surface area (Å²) >= 11 is 5.96. The number of methoxy groups -OCH3 is 1. The van der Waals surface area contributed by atoms with Gasteiger partial charge in [-0.15, -0.1) is 0 Å². The Kier molecular flexibility index (Phi) is 7.57. The van der Waals surface area contributed by atoms with Crippen molar-refractivity contribution in [1.29, 1.82) is 0 Å². The summed E-state index contributed by atoms with van der Waals surface area (Å²) in [6.07, 6.45) is 3.62. The predicted octanol–water partition coefficient (Wildman–Crippen LogP) is 6.36. The highest BCUT2D eigenvalue weighted by Gasteiger charge is 2.42. The molecule has 0 bridgehead atoms. The monoisotopic (exact) mass is 568 g/mol. The van der Waals surface area contributed by atoms with E-state index in [-0.39, 0.29) is 18.0 Å². The van der Waals surface area contributed by atoms with Gasteiger partial charge >= 0.3 is 0 Å². The maximum atomic E-state index is 12.7. The van der Waals surface area contributed by atoms with Crippen LogP contribution in [0, 0.1) is 26.2 Å². The van der Waals surface area contributed by atoms with Gasteiger partial charge in [0.25, 0.3) is 0 Å². The zero-order valence-electron chi connectivity index (χ0n) is 24.5. The van der Waals surface area contributed by atoms with Crippen LogP contribution in [-0.4, -0.2) is 32.7 Å². The molecule has 0 spiro atoms. The van der Waals surface area contributed by atoms with Crippen molar-refractivity contribution in [2.45, 2.75) is 53.6 Å². The number of ether oxygens (including phenoxy) is 1. The number of benzene rings is 1. The van der Waals surface area contributed by atoms with E-state index >= 15 is 0 Å². The number of hydrogen-bond donors (Lipinski definition) is 2. The Morgan fingerprint density at radius 2 is 1.78 bits per heavy atom. The lowest BCUT2D eigenvalue weighted by Gasteiger charge is -2.29. The van der Waals surface area contributed by atoms with E-state index in [9.17, 15) is 4.79 Å². The van der Waals surface area contributed by atoms with Crippen molar-refractivity contribution in [3.8, 4) is 11.6 Å². The summed E-state index contributed by atoms with van der Waals surface area (Å²) in [5, 5.41) is 7.12. The lowest BCUT2D eigenvalue weighted by atomic mass is 9.95. The number of nitrogens with one attached hydrogen (secondary N) is 2. The van der Waals surface area contributed by atoms with E-state index in [1.165, 1.54) is 0 Å². The topological polar surface area (TPSA) is 84.3 Å². The molecule has 2 atom stereocenters. The fraction of sp³-hybridized carbons (Fsp3) is 0.312. The van der Waals surface area contributed by atoms with Gasteiger partial charge in [-0.05, 0) is 80.5 Å². The largest absolute Gasteiger partial charge is 0.494 e. The lowest BCUT2D eigenvalue weighted by molar-refractivity contribution is -0.123. The van der Waals surface area contributed by atoms with Crippen molar-refractivity contribution in [3.63, 3.8) is 0 Å². The van der Waals surface area contributed by atoms with Gasteiger partial charge in [0.05, 0.1) is 30.6 Å². The first-order chi connectivity index (χ1) is 19.5. The maximum Gasteiger partial charge on any atom is 0.229 e. The van der Waals surface area contributed by atoms with Crippen LogP contribution in [0.3, 0.4) is 0 Å². The van der Waals surface area contributed by atoms with Crippen LogP contribution < -0.4 is 20.3 Å².